The molecular weight excluding hydrogens is 334 g/mol. The molecule has 0 unspecified atom stereocenters. The number of carbonyl (C=O) groups excluding carboxylic acids is 2. The minimum absolute atomic E-state index is 0.0992. The van der Waals surface area contributed by atoms with Crippen molar-refractivity contribution in [2.24, 2.45) is 12.8 Å². The largest absolute Gasteiger partial charge is 0.484 e. The van der Waals surface area contributed by atoms with Gasteiger partial charge in [-0.25, -0.2) is 0 Å². The number of primary amides is 1. The van der Waals surface area contributed by atoms with Crippen LogP contribution in [0.2, 0.25) is 0 Å². The Balaban J connectivity index is 1.69. The van der Waals surface area contributed by atoms with E-state index in [1.807, 2.05) is 49.5 Å². The number of nitrogens with zero attached hydrogens (tertiary/aromatic N) is 4. The zero-order chi connectivity index (χ0) is 18.8. The summed E-state index contributed by atoms with van der Waals surface area (Å²) in [5, 5.41) is 4.31. The summed E-state index contributed by atoms with van der Waals surface area (Å²) in [7, 11) is 5.66. The SMILES string of the molecule is CN(C)c1cccc(OCC(=O)N2Cc3cn(C)nc3[C@@H](C(N)=O)C2)c1. The van der Waals surface area contributed by atoms with Gasteiger partial charge in [0.15, 0.2) is 6.61 Å². The summed E-state index contributed by atoms with van der Waals surface area (Å²) in [5.74, 6) is -0.654. The number of amides is 2. The minimum atomic E-state index is -0.596. The predicted molar refractivity (Wildman–Crippen MR) is 96.8 cm³/mol. The average Bonchev–Trinajstić information content (AvgIpc) is 2.98. The molecular formula is C18H23N5O3. The molecule has 1 aliphatic rings. The van der Waals surface area contributed by atoms with E-state index in [0.717, 1.165) is 11.3 Å². The molecule has 26 heavy (non-hydrogen) atoms. The van der Waals surface area contributed by atoms with Crippen LogP contribution in [0.3, 0.4) is 0 Å². The fraction of sp³-hybridized carbons (Fsp3) is 0.389. The van der Waals surface area contributed by atoms with Crippen molar-refractivity contribution < 1.29 is 14.3 Å². The Kier molecular flexibility index (Phi) is 4.83. The van der Waals surface area contributed by atoms with Gasteiger partial charge in [0.2, 0.25) is 5.91 Å². The number of aryl methyl sites for hydroxylation is 1. The van der Waals surface area contributed by atoms with Gasteiger partial charge in [0.1, 0.15) is 5.75 Å². The Morgan fingerprint density at radius 2 is 2.15 bits per heavy atom. The van der Waals surface area contributed by atoms with Crippen molar-refractivity contribution in [2.45, 2.75) is 12.5 Å². The lowest BCUT2D eigenvalue weighted by molar-refractivity contribution is -0.135. The number of aromatic nitrogens is 2. The lowest BCUT2D eigenvalue weighted by Gasteiger charge is -2.30. The van der Waals surface area contributed by atoms with Gasteiger partial charge in [-0.3, -0.25) is 14.3 Å². The topological polar surface area (TPSA) is 93.7 Å². The molecule has 8 nitrogen and oxygen atoms in total. The van der Waals surface area contributed by atoms with Crippen LogP contribution in [0.25, 0.3) is 0 Å². The maximum atomic E-state index is 12.6. The molecule has 0 saturated carbocycles. The number of carbonyl (C=O) groups is 2. The second-order valence-corrected chi connectivity index (χ2v) is 6.62. The van der Waals surface area contributed by atoms with Gasteiger partial charge in [0.25, 0.3) is 5.91 Å². The highest BCUT2D eigenvalue weighted by molar-refractivity contribution is 5.85. The summed E-state index contributed by atoms with van der Waals surface area (Å²) in [5.41, 5.74) is 7.98. The van der Waals surface area contributed by atoms with E-state index in [4.69, 9.17) is 10.5 Å². The summed E-state index contributed by atoms with van der Waals surface area (Å²) in [4.78, 5) is 27.9. The Hall–Kier alpha value is -3.03. The quantitative estimate of drug-likeness (QED) is 0.840. The number of ether oxygens (including phenoxy) is 1. The van der Waals surface area contributed by atoms with E-state index in [-0.39, 0.29) is 19.1 Å². The van der Waals surface area contributed by atoms with E-state index in [0.29, 0.717) is 18.0 Å². The molecule has 2 aromatic rings. The van der Waals surface area contributed by atoms with Crippen LogP contribution in [0.5, 0.6) is 5.75 Å². The molecule has 0 radical (unpaired) electrons. The molecule has 0 bridgehead atoms. The molecule has 1 aromatic heterocycles. The first-order valence-corrected chi connectivity index (χ1v) is 8.35. The van der Waals surface area contributed by atoms with Crippen LogP contribution in [0.4, 0.5) is 5.69 Å². The van der Waals surface area contributed by atoms with Gasteiger partial charge in [0, 0.05) is 57.7 Å². The molecule has 0 aliphatic carbocycles. The first kappa shape index (κ1) is 17.8. The molecule has 8 heteroatoms. The summed E-state index contributed by atoms with van der Waals surface area (Å²) in [6.45, 7) is 0.518. The number of benzene rings is 1. The summed E-state index contributed by atoms with van der Waals surface area (Å²) >= 11 is 0. The van der Waals surface area contributed by atoms with Gasteiger partial charge in [0.05, 0.1) is 11.6 Å². The van der Waals surface area contributed by atoms with Crippen LogP contribution in [0.1, 0.15) is 17.2 Å². The standard InChI is InChI=1S/C18H23N5O3/c1-21(2)13-5-4-6-14(7-13)26-11-16(24)23-9-12-8-22(3)20-17(12)15(10-23)18(19)25/h4-8,15H,9-11H2,1-3H3,(H2,19,25)/t15-/m0/s1. The first-order valence-electron chi connectivity index (χ1n) is 8.35. The molecule has 2 amide bonds. The van der Waals surface area contributed by atoms with Crippen molar-refractivity contribution in [2.75, 3.05) is 32.1 Å². The predicted octanol–water partition coefficient (Wildman–Crippen LogP) is 0.476. The van der Waals surface area contributed by atoms with Crippen molar-refractivity contribution in [3.63, 3.8) is 0 Å². The zero-order valence-electron chi connectivity index (χ0n) is 15.2. The molecule has 1 aliphatic heterocycles. The lowest BCUT2D eigenvalue weighted by atomic mass is 9.96. The lowest BCUT2D eigenvalue weighted by Crippen LogP contribution is -2.44. The van der Waals surface area contributed by atoms with Crippen LogP contribution < -0.4 is 15.4 Å². The number of fused-ring (bicyclic) bond motifs is 1. The number of hydrogen-bond donors (Lipinski definition) is 1. The van der Waals surface area contributed by atoms with Crippen LogP contribution in [-0.2, 0) is 23.2 Å². The molecule has 1 aromatic carbocycles. The first-order chi connectivity index (χ1) is 12.3. The summed E-state index contributed by atoms with van der Waals surface area (Å²) in [6.07, 6.45) is 1.81. The average molecular weight is 357 g/mol. The van der Waals surface area contributed by atoms with Gasteiger partial charge in [-0.2, -0.15) is 5.10 Å². The maximum Gasteiger partial charge on any atom is 0.260 e. The zero-order valence-corrected chi connectivity index (χ0v) is 15.2. The minimum Gasteiger partial charge on any atom is -0.484 e. The number of nitrogens with two attached hydrogens (primary N) is 1. The van der Waals surface area contributed by atoms with E-state index < -0.39 is 11.8 Å². The van der Waals surface area contributed by atoms with Gasteiger partial charge >= 0.3 is 0 Å². The second-order valence-electron chi connectivity index (χ2n) is 6.62. The summed E-state index contributed by atoms with van der Waals surface area (Å²) < 4.78 is 7.28. The Labute approximate surface area is 152 Å². The molecule has 0 spiro atoms. The third kappa shape index (κ3) is 3.63. The molecule has 0 fully saturated rings. The van der Waals surface area contributed by atoms with Crippen LogP contribution in [0, 0.1) is 0 Å². The monoisotopic (exact) mass is 357 g/mol. The maximum absolute atomic E-state index is 12.6. The van der Waals surface area contributed by atoms with E-state index in [1.54, 1.807) is 16.6 Å². The molecule has 2 N–H and O–H groups in total. The van der Waals surface area contributed by atoms with Crippen molar-refractivity contribution in [1.82, 2.24) is 14.7 Å². The van der Waals surface area contributed by atoms with Crippen LogP contribution in [0.15, 0.2) is 30.5 Å². The highest BCUT2D eigenvalue weighted by Gasteiger charge is 2.34. The highest BCUT2D eigenvalue weighted by atomic mass is 16.5. The van der Waals surface area contributed by atoms with E-state index in [1.165, 1.54) is 0 Å². The van der Waals surface area contributed by atoms with Crippen molar-refractivity contribution in [3.05, 3.63) is 41.7 Å². The fourth-order valence-electron chi connectivity index (χ4n) is 3.05. The number of rotatable bonds is 5. The van der Waals surface area contributed by atoms with Gasteiger partial charge < -0.3 is 20.3 Å². The molecule has 0 saturated heterocycles. The summed E-state index contributed by atoms with van der Waals surface area (Å²) in [6, 6.07) is 7.51. The van der Waals surface area contributed by atoms with E-state index >= 15 is 0 Å². The fourth-order valence-corrected chi connectivity index (χ4v) is 3.05. The van der Waals surface area contributed by atoms with Gasteiger partial charge in [-0.15, -0.1) is 0 Å². The van der Waals surface area contributed by atoms with Gasteiger partial charge in [-0.1, -0.05) is 6.07 Å². The third-order valence-corrected chi connectivity index (χ3v) is 4.42. The Morgan fingerprint density at radius 3 is 2.85 bits per heavy atom. The smallest absolute Gasteiger partial charge is 0.260 e. The Bertz CT molecular complexity index is 830. The van der Waals surface area contributed by atoms with Crippen molar-refractivity contribution >= 4 is 17.5 Å². The number of anilines is 1. The molecule has 2 heterocycles. The Morgan fingerprint density at radius 1 is 1.38 bits per heavy atom. The van der Waals surface area contributed by atoms with Crippen molar-refractivity contribution in [3.8, 4) is 5.75 Å². The van der Waals surface area contributed by atoms with Crippen LogP contribution >= 0.6 is 0 Å². The third-order valence-electron chi connectivity index (χ3n) is 4.42. The second kappa shape index (κ2) is 7.07. The van der Waals surface area contributed by atoms with Crippen molar-refractivity contribution in [1.29, 1.82) is 0 Å². The van der Waals surface area contributed by atoms with Crippen LogP contribution in [-0.4, -0.2) is 53.7 Å². The molecule has 3 rings (SSSR count). The van der Waals surface area contributed by atoms with E-state index in [2.05, 4.69) is 5.10 Å². The molecule has 138 valence electrons. The normalized spacial score (nSPS) is 16.1. The van der Waals surface area contributed by atoms with E-state index in [9.17, 15) is 9.59 Å². The molecule has 1 atom stereocenters. The highest BCUT2D eigenvalue weighted by Crippen LogP contribution is 2.27. The van der Waals surface area contributed by atoms with Gasteiger partial charge in [-0.05, 0) is 12.1 Å². The number of hydrogen-bond acceptors (Lipinski definition) is 5.